The van der Waals surface area contributed by atoms with Crippen molar-refractivity contribution in [1.82, 2.24) is 42.7 Å². The first-order valence-corrected chi connectivity index (χ1v) is 19.1. The maximum atomic E-state index is 13.8. The SMILES string of the molecule is CCn1nc(C)cc1C(=O)N=c1n(C)c2ccccc2n1C/C=C/Cn1c(=NC(=O)c2cc(C)nn2CC)n(C)c2cccc(CN3CCCCCC3)c21. The number of para-hydroxylation sites is 3. The third kappa shape index (κ3) is 7.20. The second-order valence-corrected chi connectivity index (χ2v) is 14.2. The summed E-state index contributed by atoms with van der Waals surface area (Å²) in [7, 11) is 3.92. The van der Waals surface area contributed by atoms with Crippen molar-refractivity contribution >= 4 is 33.9 Å². The Labute approximate surface area is 315 Å². The molecule has 0 aliphatic carbocycles. The van der Waals surface area contributed by atoms with Crippen LogP contribution in [0, 0.1) is 13.8 Å². The summed E-state index contributed by atoms with van der Waals surface area (Å²) in [5.74, 6) is -0.656. The molecular weight excluding hydrogens is 679 g/mol. The number of rotatable bonds is 10. The summed E-state index contributed by atoms with van der Waals surface area (Å²) in [5.41, 5.74) is 8.88. The van der Waals surface area contributed by atoms with Gasteiger partial charge in [-0.25, -0.2) is 0 Å². The van der Waals surface area contributed by atoms with Crippen LogP contribution in [0.2, 0.25) is 0 Å². The van der Waals surface area contributed by atoms with Gasteiger partial charge >= 0.3 is 0 Å². The Morgan fingerprint density at radius 3 is 1.80 bits per heavy atom. The summed E-state index contributed by atoms with van der Waals surface area (Å²) in [6, 6.07) is 18.1. The van der Waals surface area contributed by atoms with Crippen LogP contribution in [-0.4, -0.2) is 67.6 Å². The van der Waals surface area contributed by atoms with Crippen LogP contribution in [0.15, 0.2) is 76.7 Å². The molecule has 2 amide bonds. The molecule has 13 heteroatoms. The molecule has 0 atom stereocenters. The van der Waals surface area contributed by atoms with Crippen molar-refractivity contribution in [3.8, 4) is 0 Å². The Balaban J connectivity index is 1.29. The maximum Gasteiger partial charge on any atom is 0.298 e. The highest BCUT2D eigenvalue weighted by molar-refractivity contribution is 5.94. The lowest BCUT2D eigenvalue weighted by atomic mass is 10.1. The highest BCUT2D eigenvalue weighted by Gasteiger charge is 2.19. The number of fused-ring (bicyclic) bond motifs is 2. The molecule has 0 unspecified atom stereocenters. The van der Waals surface area contributed by atoms with Gasteiger partial charge in [-0.1, -0.05) is 49.3 Å². The van der Waals surface area contributed by atoms with Crippen LogP contribution in [0.3, 0.4) is 0 Å². The fourth-order valence-electron chi connectivity index (χ4n) is 7.78. The van der Waals surface area contributed by atoms with Crippen molar-refractivity contribution in [2.75, 3.05) is 13.1 Å². The first-order chi connectivity index (χ1) is 26.2. The number of allylic oxidation sites excluding steroid dienone is 2. The monoisotopic (exact) mass is 729 g/mol. The average molecular weight is 730 g/mol. The molecule has 0 spiro atoms. The smallest absolute Gasteiger partial charge is 0.298 e. The predicted octanol–water partition coefficient (Wildman–Crippen LogP) is 5.44. The molecule has 0 N–H and O–H groups in total. The number of imidazole rings is 2. The normalized spacial score (nSPS) is 15.0. The zero-order valence-corrected chi connectivity index (χ0v) is 32.4. The Morgan fingerprint density at radius 1 is 0.685 bits per heavy atom. The number of likely N-dealkylation sites (tertiary alicyclic amines) is 1. The van der Waals surface area contributed by atoms with E-state index in [1.165, 1.54) is 31.2 Å². The summed E-state index contributed by atoms with van der Waals surface area (Å²) in [6.45, 7) is 12.8. The van der Waals surface area contributed by atoms with E-state index >= 15 is 0 Å². The average Bonchev–Trinajstić information content (AvgIpc) is 3.83. The molecule has 5 heterocycles. The molecule has 1 saturated heterocycles. The van der Waals surface area contributed by atoms with Crippen LogP contribution in [0.5, 0.6) is 0 Å². The molecule has 54 heavy (non-hydrogen) atoms. The predicted molar refractivity (Wildman–Crippen MR) is 210 cm³/mol. The van der Waals surface area contributed by atoms with Gasteiger partial charge in [-0.05, 0) is 89.5 Å². The number of benzene rings is 2. The zero-order valence-electron chi connectivity index (χ0n) is 32.4. The lowest BCUT2D eigenvalue weighted by molar-refractivity contribution is 0.0977. The number of amides is 2. The fraction of sp³-hybridized carbons (Fsp3) is 0.415. The molecule has 4 aromatic heterocycles. The molecule has 1 aliphatic rings. The summed E-state index contributed by atoms with van der Waals surface area (Å²) < 4.78 is 11.6. The highest BCUT2D eigenvalue weighted by Crippen LogP contribution is 2.22. The summed E-state index contributed by atoms with van der Waals surface area (Å²) >= 11 is 0. The van der Waals surface area contributed by atoms with Crippen LogP contribution in [-0.2, 0) is 46.8 Å². The maximum absolute atomic E-state index is 13.8. The van der Waals surface area contributed by atoms with Gasteiger partial charge in [0.2, 0.25) is 11.2 Å². The second kappa shape index (κ2) is 15.8. The quantitative estimate of drug-likeness (QED) is 0.174. The van der Waals surface area contributed by atoms with Crippen LogP contribution >= 0.6 is 0 Å². The van der Waals surface area contributed by atoms with Crippen molar-refractivity contribution in [3.63, 3.8) is 0 Å². The third-order valence-electron chi connectivity index (χ3n) is 10.4. The van der Waals surface area contributed by atoms with Crippen molar-refractivity contribution < 1.29 is 9.59 Å². The Kier molecular flexibility index (Phi) is 10.8. The van der Waals surface area contributed by atoms with E-state index in [1.54, 1.807) is 21.5 Å². The van der Waals surface area contributed by atoms with E-state index < -0.39 is 0 Å². The molecule has 0 bridgehead atoms. The Hall–Kier alpha value is -5.56. The van der Waals surface area contributed by atoms with Gasteiger partial charge in [-0.3, -0.25) is 23.9 Å². The first-order valence-electron chi connectivity index (χ1n) is 19.1. The minimum absolute atomic E-state index is 0.322. The zero-order chi connectivity index (χ0) is 37.9. The van der Waals surface area contributed by atoms with E-state index in [0.29, 0.717) is 48.8 Å². The number of aryl methyl sites for hydroxylation is 6. The number of carbonyl (C=O) groups excluding carboxylic acids is 2. The van der Waals surface area contributed by atoms with Crippen molar-refractivity contribution in [1.29, 1.82) is 0 Å². The van der Waals surface area contributed by atoms with E-state index in [-0.39, 0.29) is 11.8 Å². The fourth-order valence-corrected chi connectivity index (χ4v) is 7.78. The molecule has 0 saturated carbocycles. The second-order valence-electron chi connectivity index (χ2n) is 14.2. The van der Waals surface area contributed by atoms with Crippen LogP contribution in [0.1, 0.15) is 77.5 Å². The van der Waals surface area contributed by atoms with E-state index in [9.17, 15) is 9.59 Å². The Morgan fingerprint density at radius 2 is 1.20 bits per heavy atom. The van der Waals surface area contributed by atoms with Crippen LogP contribution in [0.4, 0.5) is 0 Å². The van der Waals surface area contributed by atoms with Gasteiger partial charge in [0.05, 0.1) is 33.5 Å². The van der Waals surface area contributed by atoms with Crippen molar-refractivity contribution in [2.45, 2.75) is 86.1 Å². The van der Waals surface area contributed by atoms with Gasteiger partial charge in [0.25, 0.3) is 11.8 Å². The standard InChI is InChI=1S/C41H51N11O2/c1-7-51-35(26-29(3)44-51)38(53)42-40-46(5)32-19-11-12-20-33(32)49(40)24-15-16-25-50-37-31(28-48-22-13-9-10-14-23-48)18-17-21-34(37)47(6)41(50)43-39(54)36-27-30(4)45-52(36)8-2/h11-12,15-21,26-27H,7-10,13-14,22-25,28H2,1-6H3/b16-15+,42-40?,43-41?. The Bertz CT molecular complexity index is 2500. The number of hydrogen-bond donors (Lipinski definition) is 0. The van der Waals surface area contributed by atoms with Gasteiger partial charge < -0.3 is 18.3 Å². The largest absolute Gasteiger partial charge is 0.313 e. The molecule has 0 radical (unpaired) electrons. The van der Waals surface area contributed by atoms with Gasteiger partial charge in [-0.15, -0.1) is 0 Å². The molecule has 7 rings (SSSR count). The van der Waals surface area contributed by atoms with Crippen molar-refractivity contribution in [3.05, 3.63) is 106 Å². The summed E-state index contributed by atoms with van der Waals surface area (Å²) in [5, 5.41) is 8.96. The minimum Gasteiger partial charge on any atom is -0.313 e. The molecule has 1 aliphatic heterocycles. The lowest BCUT2D eigenvalue weighted by Crippen LogP contribution is -2.27. The molecular formula is C41H51N11O2. The van der Waals surface area contributed by atoms with Gasteiger partial charge in [0, 0.05) is 46.8 Å². The number of aromatic nitrogens is 8. The minimum atomic E-state index is -0.333. The highest BCUT2D eigenvalue weighted by atomic mass is 16.2. The first kappa shape index (κ1) is 36.8. The van der Waals surface area contributed by atoms with E-state index in [2.05, 4.69) is 59.6 Å². The number of hydrogen-bond acceptors (Lipinski definition) is 5. The van der Waals surface area contributed by atoms with E-state index in [1.807, 2.05) is 75.2 Å². The molecule has 2 aromatic carbocycles. The molecule has 6 aromatic rings. The van der Waals surface area contributed by atoms with Crippen molar-refractivity contribution in [2.24, 2.45) is 24.1 Å². The third-order valence-corrected chi connectivity index (χ3v) is 10.4. The van der Waals surface area contributed by atoms with Gasteiger partial charge in [-0.2, -0.15) is 20.2 Å². The summed E-state index contributed by atoms with van der Waals surface area (Å²) in [6.07, 6.45) is 9.18. The summed E-state index contributed by atoms with van der Waals surface area (Å²) in [4.78, 5) is 39.4. The van der Waals surface area contributed by atoms with Gasteiger partial charge in [0.1, 0.15) is 11.4 Å². The van der Waals surface area contributed by atoms with Gasteiger partial charge in [0.15, 0.2) is 0 Å². The van der Waals surface area contributed by atoms with Crippen LogP contribution in [0.25, 0.3) is 22.1 Å². The molecule has 13 nitrogen and oxygen atoms in total. The number of carbonyl (C=O) groups is 2. The lowest BCUT2D eigenvalue weighted by Gasteiger charge is -2.20. The molecule has 1 fully saturated rings. The van der Waals surface area contributed by atoms with Crippen LogP contribution < -0.4 is 11.2 Å². The van der Waals surface area contributed by atoms with E-state index in [0.717, 1.165) is 53.1 Å². The molecule has 282 valence electrons. The number of nitrogens with zero attached hydrogens (tertiary/aromatic N) is 11. The van der Waals surface area contributed by atoms with E-state index in [4.69, 9.17) is 4.99 Å². The topological polar surface area (TPSA) is 117 Å².